The largest absolute Gasteiger partial charge is 0.353 e. The van der Waals surface area contributed by atoms with Crippen LogP contribution in [0.5, 0.6) is 0 Å². The van der Waals surface area contributed by atoms with Crippen LogP contribution in [0.1, 0.15) is 37.8 Å². The minimum absolute atomic E-state index is 0.0627. The van der Waals surface area contributed by atoms with Gasteiger partial charge in [0.05, 0.1) is 17.4 Å². The zero-order chi connectivity index (χ0) is 17.2. The standard InChI is InChI=1S/C21H23N3O/c1-24(16-7-3-2-4-8-16)21(25)12-11-15-13-18-17-9-5-6-10-19(17)23-20(18)14-22-15/h5-6,9-14,16,23H,2-4,7-8H2,1H3/b12-11+. The van der Waals surface area contributed by atoms with Crippen molar-refractivity contribution in [3.05, 3.63) is 48.3 Å². The number of hydrogen-bond donors (Lipinski definition) is 1. The highest BCUT2D eigenvalue weighted by Crippen LogP contribution is 2.25. The molecule has 4 rings (SSSR count). The molecule has 1 saturated carbocycles. The molecular formula is C21H23N3O. The second-order valence-electron chi connectivity index (χ2n) is 6.90. The molecule has 2 aromatic heterocycles. The first-order valence-corrected chi connectivity index (χ1v) is 9.04. The average molecular weight is 333 g/mol. The van der Waals surface area contributed by atoms with Gasteiger partial charge in [0, 0.05) is 35.5 Å². The van der Waals surface area contributed by atoms with Gasteiger partial charge in [0.1, 0.15) is 0 Å². The van der Waals surface area contributed by atoms with E-state index in [9.17, 15) is 4.79 Å². The molecule has 0 bridgehead atoms. The van der Waals surface area contributed by atoms with E-state index in [0.29, 0.717) is 6.04 Å². The molecule has 0 radical (unpaired) electrons. The summed E-state index contributed by atoms with van der Waals surface area (Å²) in [6.07, 6.45) is 11.3. The first kappa shape index (κ1) is 15.9. The Labute approximate surface area is 147 Å². The van der Waals surface area contributed by atoms with Crippen molar-refractivity contribution in [2.75, 3.05) is 7.05 Å². The number of pyridine rings is 1. The smallest absolute Gasteiger partial charge is 0.246 e. The van der Waals surface area contributed by atoms with Gasteiger partial charge in [-0.3, -0.25) is 9.78 Å². The highest BCUT2D eigenvalue weighted by molar-refractivity contribution is 6.07. The fraction of sp³-hybridized carbons (Fsp3) is 0.333. The lowest BCUT2D eigenvalue weighted by molar-refractivity contribution is -0.127. The molecule has 4 nitrogen and oxygen atoms in total. The number of likely N-dealkylation sites (N-methyl/N-ethyl adjacent to an activating group) is 1. The fourth-order valence-electron chi connectivity index (χ4n) is 3.78. The molecule has 0 spiro atoms. The maximum Gasteiger partial charge on any atom is 0.246 e. The molecule has 1 amide bonds. The van der Waals surface area contributed by atoms with Crippen LogP contribution in [0.2, 0.25) is 0 Å². The van der Waals surface area contributed by atoms with Crippen molar-refractivity contribution >= 4 is 33.8 Å². The van der Waals surface area contributed by atoms with E-state index in [0.717, 1.165) is 35.0 Å². The van der Waals surface area contributed by atoms with Crippen molar-refractivity contribution in [1.82, 2.24) is 14.9 Å². The zero-order valence-corrected chi connectivity index (χ0v) is 14.5. The van der Waals surface area contributed by atoms with Gasteiger partial charge in [-0.2, -0.15) is 0 Å². The van der Waals surface area contributed by atoms with Gasteiger partial charge in [-0.25, -0.2) is 0 Å². The van der Waals surface area contributed by atoms with Crippen molar-refractivity contribution in [2.24, 2.45) is 0 Å². The van der Waals surface area contributed by atoms with E-state index < -0.39 is 0 Å². The van der Waals surface area contributed by atoms with Crippen LogP contribution < -0.4 is 0 Å². The molecule has 1 fully saturated rings. The SMILES string of the molecule is CN(C(=O)/C=C/c1cc2c(cn1)[nH]c1ccccc12)C1CCCCC1. The number of H-pyrrole nitrogens is 1. The van der Waals surface area contributed by atoms with Crippen LogP contribution in [0, 0.1) is 0 Å². The van der Waals surface area contributed by atoms with E-state index in [1.165, 1.54) is 24.6 Å². The number of hydrogen-bond acceptors (Lipinski definition) is 2. The molecule has 0 atom stereocenters. The highest BCUT2D eigenvalue weighted by atomic mass is 16.2. The number of nitrogens with zero attached hydrogens (tertiary/aromatic N) is 2. The van der Waals surface area contributed by atoms with Gasteiger partial charge in [-0.15, -0.1) is 0 Å². The molecule has 3 aromatic rings. The number of aromatic amines is 1. The summed E-state index contributed by atoms with van der Waals surface area (Å²) < 4.78 is 0. The molecule has 1 aliphatic carbocycles. The van der Waals surface area contributed by atoms with Crippen LogP contribution in [0.4, 0.5) is 0 Å². The number of para-hydroxylation sites is 1. The molecule has 1 aromatic carbocycles. The first-order valence-electron chi connectivity index (χ1n) is 9.04. The van der Waals surface area contributed by atoms with E-state index in [2.05, 4.69) is 22.1 Å². The Balaban J connectivity index is 1.56. The maximum absolute atomic E-state index is 12.4. The predicted molar refractivity (Wildman–Crippen MR) is 102 cm³/mol. The van der Waals surface area contributed by atoms with Crippen LogP contribution >= 0.6 is 0 Å². The molecule has 4 heteroatoms. The van der Waals surface area contributed by atoms with E-state index in [1.54, 1.807) is 6.08 Å². The Kier molecular flexibility index (Phi) is 4.26. The van der Waals surface area contributed by atoms with Gasteiger partial charge >= 0.3 is 0 Å². The lowest BCUT2D eigenvalue weighted by Gasteiger charge is -2.30. The summed E-state index contributed by atoms with van der Waals surface area (Å²) in [5.74, 6) is 0.0627. The zero-order valence-electron chi connectivity index (χ0n) is 14.5. The number of fused-ring (bicyclic) bond motifs is 3. The molecular weight excluding hydrogens is 310 g/mol. The molecule has 1 N–H and O–H groups in total. The van der Waals surface area contributed by atoms with Crippen LogP contribution in [-0.2, 0) is 4.79 Å². The average Bonchev–Trinajstić information content (AvgIpc) is 3.04. The first-order chi connectivity index (χ1) is 12.2. The second-order valence-corrected chi connectivity index (χ2v) is 6.90. The molecule has 2 heterocycles. The second kappa shape index (κ2) is 6.71. The highest BCUT2D eigenvalue weighted by Gasteiger charge is 2.20. The minimum atomic E-state index is 0.0627. The van der Waals surface area contributed by atoms with Crippen molar-refractivity contribution < 1.29 is 4.79 Å². The minimum Gasteiger partial charge on any atom is -0.353 e. The van der Waals surface area contributed by atoms with Crippen LogP contribution in [0.25, 0.3) is 27.9 Å². The quantitative estimate of drug-likeness (QED) is 0.716. The lowest BCUT2D eigenvalue weighted by atomic mass is 9.94. The molecule has 0 saturated heterocycles. The topological polar surface area (TPSA) is 49.0 Å². The van der Waals surface area contributed by atoms with Crippen molar-refractivity contribution in [3.8, 4) is 0 Å². The van der Waals surface area contributed by atoms with E-state index in [-0.39, 0.29) is 5.91 Å². The molecule has 0 unspecified atom stereocenters. The van der Waals surface area contributed by atoms with E-state index >= 15 is 0 Å². The summed E-state index contributed by atoms with van der Waals surface area (Å²) in [6, 6.07) is 10.6. The van der Waals surface area contributed by atoms with Crippen molar-refractivity contribution in [3.63, 3.8) is 0 Å². The number of nitrogens with one attached hydrogen (secondary N) is 1. The number of aromatic nitrogens is 2. The van der Waals surface area contributed by atoms with Gasteiger partial charge < -0.3 is 9.88 Å². The Morgan fingerprint density at radius 3 is 2.80 bits per heavy atom. The van der Waals surface area contributed by atoms with Crippen LogP contribution in [-0.4, -0.2) is 33.9 Å². The summed E-state index contributed by atoms with van der Waals surface area (Å²) in [6.45, 7) is 0. The van der Waals surface area contributed by atoms with Crippen LogP contribution in [0.3, 0.4) is 0 Å². The van der Waals surface area contributed by atoms with Gasteiger partial charge in [0.2, 0.25) is 5.91 Å². The summed E-state index contributed by atoms with van der Waals surface area (Å²) in [5.41, 5.74) is 2.93. The summed E-state index contributed by atoms with van der Waals surface area (Å²) in [7, 11) is 1.92. The number of rotatable bonds is 3. The Morgan fingerprint density at radius 2 is 1.96 bits per heavy atom. The monoisotopic (exact) mass is 333 g/mol. The molecule has 128 valence electrons. The molecule has 0 aliphatic heterocycles. The van der Waals surface area contributed by atoms with Crippen LogP contribution in [0.15, 0.2) is 42.6 Å². The molecule has 1 aliphatic rings. The van der Waals surface area contributed by atoms with E-state index in [4.69, 9.17) is 0 Å². The Bertz CT molecular complexity index is 935. The third-order valence-corrected chi connectivity index (χ3v) is 5.28. The Hall–Kier alpha value is -2.62. The molecule has 25 heavy (non-hydrogen) atoms. The summed E-state index contributed by atoms with van der Waals surface area (Å²) in [4.78, 5) is 22.2. The maximum atomic E-state index is 12.4. The summed E-state index contributed by atoms with van der Waals surface area (Å²) in [5, 5.41) is 2.32. The third-order valence-electron chi connectivity index (χ3n) is 5.28. The van der Waals surface area contributed by atoms with Gasteiger partial charge in [-0.05, 0) is 31.1 Å². The van der Waals surface area contributed by atoms with Gasteiger partial charge in [-0.1, -0.05) is 37.5 Å². The normalized spacial score (nSPS) is 16.0. The van der Waals surface area contributed by atoms with E-state index in [1.807, 2.05) is 42.4 Å². The fourth-order valence-corrected chi connectivity index (χ4v) is 3.78. The Morgan fingerprint density at radius 1 is 1.16 bits per heavy atom. The summed E-state index contributed by atoms with van der Waals surface area (Å²) >= 11 is 0. The van der Waals surface area contributed by atoms with Gasteiger partial charge in [0.15, 0.2) is 0 Å². The number of amides is 1. The number of benzene rings is 1. The van der Waals surface area contributed by atoms with Crippen molar-refractivity contribution in [1.29, 1.82) is 0 Å². The van der Waals surface area contributed by atoms with Crippen molar-refractivity contribution in [2.45, 2.75) is 38.1 Å². The number of carbonyl (C=O) groups is 1. The predicted octanol–water partition coefficient (Wildman–Crippen LogP) is 4.52. The third kappa shape index (κ3) is 3.16. The number of carbonyl (C=O) groups excluding carboxylic acids is 1. The lowest BCUT2D eigenvalue weighted by Crippen LogP contribution is -2.37. The van der Waals surface area contributed by atoms with Gasteiger partial charge in [0.25, 0.3) is 0 Å².